The molecule has 0 atom stereocenters. The van der Waals surface area contributed by atoms with Crippen molar-refractivity contribution in [3.63, 3.8) is 0 Å². The third-order valence-corrected chi connectivity index (χ3v) is 5.06. The Kier molecular flexibility index (Phi) is 5.07. The maximum absolute atomic E-state index is 12.7. The molecule has 0 spiro atoms. The highest BCUT2D eigenvalue weighted by Gasteiger charge is 2.19. The highest BCUT2D eigenvalue weighted by Crippen LogP contribution is 2.26. The van der Waals surface area contributed by atoms with E-state index in [0.29, 0.717) is 28.0 Å². The Morgan fingerprint density at radius 2 is 1.96 bits per heavy atom. The van der Waals surface area contributed by atoms with Crippen molar-refractivity contribution in [2.45, 2.75) is 20.4 Å². The van der Waals surface area contributed by atoms with Gasteiger partial charge in [-0.1, -0.05) is 29.3 Å². The van der Waals surface area contributed by atoms with Crippen LogP contribution in [0.2, 0.25) is 10.0 Å². The number of H-pyrrole nitrogens is 1. The van der Waals surface area contributed by atoms with E-state index < -0.39 is 0 Å². The maximum atomic E-state index is 12.7. The van der Waals surface area contributed by atoms with Gasteiger partial charge in [0.1, 0.15) is 5.69 Å². The summed E-state index contributed by atoms with van der Waals surface area (Å²) in [5.74, 6) is -0.158. The standard InChI is InChI=1S/C18H19Cl2N5O/c1-10-17(11(2)25(4)23-10)15-8-16(22-21-15)18(26)24(3)9-12-5-6-13(19)14(20)7-12/h5-8H,9H2,1-4H3,(H,21,22). The Labute approximate surface area is 161 Å². The van der Waals surface area contributed by atoms with Gasteiger partial charge in [0.2, 0.25) is 0 Å². The molecule has 0 radical (unpaired) electrons. The van der Waals surface area contributed by atoms with Crippen LogP contribution in [0.15, 0.2) is 24.3 Å². The van der Waals surface area contributed by atoms with Gasteiger partial charge in [0, 0.05) is 31.9 Å². The van der Waals surface area contributed by atoms with E-state index in [4.69, 9.17) is 23.2 Å². The Balaban J connectivity index is 1.80. The molecule has 1 N–H and O–H groups in total. The lowest BCUT2D eigenvalue weighted by Gasteiger charge is -2.16. The summed E-state index contributed by atoms with van der Waals surface area (Å²) in [5, 5.41) is 12.5. The first-order valence-electron chi connectivity index (χ1n) is 8.03. The van der Waals surface area contributed by atoms with Gasteiger partial charge in [-0.2, -0.15) is 10.2 Å². The Bertz CT molecular complexity index is 976. The van der Waals surface area contributed by atoms with Gasteiger partial charge >= 0.3 is 0 Å². The zero-order valence-corrected chi connectivity index (χ0v) is 16.5. The number of carbonyl (C=O) groups excluding carboxylic acids is 1. The molecule has 8 heteroatoms. The molecular formula is C18H19Cl2N5O. The fraction of sp³-hybridized carbons (Fsp3) is 0.278. The number of nitrogens with zero attached hydrogens (tertiary/aromatic N) is 4. The number of aryl methyl sites for hydroxylation is 2. The number of aromatic nitrogens is 4. The monoisotopic (exact) mass is 391 g/mol. The summed E-state index contributed by atoms with van der Waals surface area (Å²) in [4.78, 5) is 14.3. The van der Waals surface area contributed by atoms with E-state index in [-0.39, 0.29) is 5.91 Å². The van der Waals surface area contributed by atoms with Gasteiger partial charge in [0.05, 0.1) is 21.4 Å². The molecule has 6 nitrogen and oxygen atoms in total. The molecule has 2 aromatic heterocycles. The predicted molar refractivity (Wildman–Crippen MR) is 103 cm³/mol. The highest BCUT2D eigenvalue weighted by molar-refractivity contribution is 6.42. The molecule has 0 fully saturated rings. The van der Waals surface area contributed by atoms with Crippen molar-refractivity contribution in [3.8, 4) is 11.3 Å². The minimum Gasteiger partial charge on any atom is -0.336 e. The summed E-state index contributed by atoms with van der Waals surface area (Å²) in [7, 11) is 3.61. The Hall–Kier alpha value is -2.31. The van der Waals surface area contributed by atoms with E-state index >= 15 is 0 Å². The minimum atomic E-state index is -0.158. The molecule has 0 aliphatic carbocycles. The van der Waals surface area contributed by atoms with E-state index in [1.165, 1.54) is 0 Å². The number of amides is 1. The van der Waals surface area contributed by atoms with E-state index in [0.717, 1.165) is 22.5 Å². The zero-order valence-electron chi connectivity index (χ0n) is 15.0. The van der Waals surface area contributed by atoms with Crippen molar-refractivity contribution in [1.82, 2.24) is 24.9 Å². The Morgan fingerprint density at radius 1 is 1.23 bits per heavy atom. The molecule has 136 valence electrons. The van der Waals surface area contributed by atoms with E-state index in [1.54, 1.807) is 34.8 Å². The molecular weight excluding hydrogens is 373 g/mol. The van der Waals surface area contributed by atoms with Crippen LogP contribution in [0.25, 0.3) is 11.3 Å². The third-order valence-electron chi connectivity index (χ3n) is 4.32. The van der Waals surface area contributed by atoms with Crippen molar-refractivity contribution >= 4 is 29.1 Å². The maximum Gasteiger partial charge on any atom is 0.271 e. The van der Waals surface area contributed by atoms with Crippen molar-refractivity contribution in [1.29, 1.82) is 0 Å². The van der Waals surface area contributed by atoms with Gasteiger partial charge in [-0.05, 0) is 37.6 Å². The van der Waals surface area contributed by atoms with Gasteiger partial charge < -0.3 is 4.90 Å². The number of benzene rings is 1. The second kappa shape index (κ2) is 7.13. The smallest absolute Gasteiger partial charge is 0.271 e. The summed E-state index contributed by atoms with van der Waals surface area (Å²) in [6.07, 6.45) is 0. The summed E-state index contributed by atoms with van der Waals surface area (Å²) >= 11 is 12.0. The van der Waals surface area contributed by atoms with Gasteiger partial charge in [-0.25, -0.2) is 0 Å². The van der Waals surface area contributed by atoms with Gasteiger partial charge in [0.25, 0.3) is 5.91 Å². The predicted octanol–water partition coefficient (Wildman–Crippen LogP) is 4.01. The fourth-order valence-corrected chi connectivity index (χ4v) is 3.21. The molecule has 1 amide bonds. The van der Waals surface area contributed by atoms with Crippen LogP contribution >= 0.6 is 23.2 Å². The molecule has 0 aliphatic rings. The van der Waals surface area contributed by atoms with E-state index in [1.807, 2.05) is 27.0 Å². The lowest BCUT2D eigenvalue weighted by atomic mass is 10.1. The summed E-state index contributed by atoms with van der Waals surface area (Å²) < 4.78 is 1.80. The second-order valence-electron chi connectivity index (χ2n) is 6.25. The van der Waals surface area contributed by atoms with Gasteiger partial charge in [0.15, 0.2) is 0 Å². The van der Waals surface area contributed by atoms with E-state index in [2.05, 4.69) is 15.3 Å². The molecule has 1 aromatic carbocycles. The van der Waals surface area contributed by atoms with Crippen LogP contribution in [0.3, 0.4) is 0 Å². The number of rotatable bonds is 4. The third kappa shape index (κ3) is 3.48. The van der Waals surface area contributed by atoms with Crippen molar-refractivity contribution in [2.75, 3.05) is 7.05 Å². The van der Waals surface area contributed by atoms with Crippen LogP contribution < -0.4 is 0 Å². The van der Waals surface area contributed by atoms with Crippen LogP contribution in [0.1, 0.15) is 27.4 Å². The molecule has 3 aromatic rings. The number of aromatic amines is 1. The van der Waals surface area contributed by atoms with Crippen molar-refractivity contribution in [3.05, 3.63) is 57.0 Å². The lowest BCUT2D eigenvalue weighted by molar-refractivity contribution is 0.0779. The molecule has 0 saturated heterocycles. The molecule has 3 rings (SSSR count). The average Bonchev–Trinajstić information content (AvgIpc) is 3.15. The first-order chi connectivity index (χ1) is 12.3. The number of carbonyl (C=O) groups is 1. The fourth-order valence-electron chi connectivity index (χ4n) is 2.89. The number of nitrogens with one attached hydrogen (secondary N) is 1. The lowest BCUT2D eigenvalue weighted by Crippen LogP contribution is -2.26. The minimum absolute atomic E-state index is 0.158. The molecule has 0 saturated carbocycles. The van der Waals surface area contributed by atoms with Crippen LogP contribution in [-0.4, -0.2) is 37.8 Å². The molecule has 26 heavy (non-hydrogen) atoms. The Morgan fingerprint density at radius 3 is 2.58 bits per heavy atom. The SMILES string of the molecule is Cc1nn(C)c(C)c1-c1cc(C(=O)N(C)Cc2ccc(Cl)c(Cl)c2)[nH]n1. The molecule has 0 aliphatic heterocycles. The number of hydrogen-bond donors (Lipinski definition) is 1. The largest absolute Gasteiger partial charge is 0.336 e. The quantitative estimate of drug-likeness (QED) is 0.730. The molecule has 0 unspecified atom stereocenters. The first kappa shape index (κ1) is 18.5. The molecule has 2 heterocycles. The number of halogens is 2. The summed E-state index contributed by atoms with van der Waals surface area (Å²) in [5.41, 5.74) is 4.84. The normalized spacial score (nSPS) is 11.0. The zero-order chi connectivity index (χ0) is 19.0. The number of hydrogen-bond acceptors (Lipinski definition) is 3. The van der Waals surface area contributed by atoms with Crippen molar-refractivity contribution in [2.24, 2.45) is 7.05 Å². The average molecular weight is 392 g/mol. The van der Waals surface area contributed by atoms with E-state index in [9.17, 15) is 4.79 Å². The first-order valence-corrected chi connectivity index (χ1v) is 8.79. The topological polar surface area (TPSA) is 66.8 Å². The molecule has 0 bridgehead atoms. The highest BCUT2D eigenvalue weighted by atomic mass is 35.5. The van der Waals surface area contributed by atoms with Crippen LogP contribution in [0.4, 0.5) is 0 Å². The van der Waals surface area contributed by atoms with Crippen LogP contribution in [-0.2, 0) is 13.6 Å². The summed E-state index contributed by atoms with van der Waals surface area (Å²) in [6, 6.07) is 7.08. The van der Waals surface area contributed by atoms with Gasteiger partial charge in [-0.3, -0.25) is 14.6 Å². The second-order valence-corrected chi connectivity index (χ2v) is 7.06. The van der Waals surface area contributed by atoms with Crippen LogP contribution in [0, 0.1) is 13.8 Å². The summed E-state index contributed by atoms with van der Waals surface area (Å²) in [6.45, 7) is 4.31. The van der Waals surface area contributed by atoms with Crippen LogP contribution in [0.5, 0.6) is 0 Å². The van der Waals surface area contributed by atoms with Crippen molar-refractivity contribution < 1.29 is 4.79 Å². The van der Waals surface area contributed by atoms with Gasteiger partial charge in [-0.15, -0.1) is 0 Å².